The molecule has 0 radical (unpaired) electrons. The fraction of sp³-hybridized carbons (Fsp3) is 0.200. The summed E-state index contributed by atoms with van der Waals surface area (Å²) in [6, 6.07) is 15.6. The Bertz CT molecular complexity index is 752. The predicted octanol–water partition coefficient (Wildman–Crippen LogP) is 7.38. The number of benzene rings is 2. The lowest BCUT2D eigenvalue weighted by Gasteiger charge is -2.32. The second kappa shape index (κ2) is 10.8. The molecule has 2 aromatic carbocycles. The van der Waals surface area contributed by atoms with Crippen LogP contribution in [0.25, 0.3) is 12.2 Å². The van der Waals surface area contributed by atoms with Gasteiger partial charge >= 0.3 is 0 Å². The largest absolute Gasteiger partial charge is 0.343 e. The Hall–Kier alpha value is -0.140. The Labute approximate surface area is 187 Å². The topological polar surface area (TPSA) is 18.5 Å². The first kappa shape index (κ1) is 22.5. The summed E-state index contributed by atoms with van der Waals surface area (Å²) in [5, 5.41) is 1.85. The van der Waals surface area contributed by atoms with Gasteiger partial charge < -0.3 is 9.47 Å². The molecule has 0 atom stereocenters. The van der Waals surface area contributed by atoms with Gasteiger partial charge in [-0.25, -0.2) is 0 Å². The van der Waals surface area contributed by atoms with Crippen LogP contribution in [0, 0.1) is 0 Å². The van der Waals surface area contributed by atoms with E-state index in [1.165, 1.54) is 0 Å². The van der Waals surface area contributed by atoms with Crippen molar-refractivity contribution in [3.63, 3.8) is 0 Å². The molecule has 0 saturated carbocycles. The van der Waals surface area contributed by atoms with E-state index in [1.807, 2.05) is 72.8 Å². The molecule has 0 aromatic heterocycles. The van der Waals surface area contributed by atoms with Crippen molar-refractivity contribution in [2.45, 2.75) is 12.2 Å². The van der Waals surface area contributed by atoms with Crippen LogP contribution in [0.3, 0.4) is 0 Å². The van der Waals surface area contributed by atoms with Gasteiger partial charge in [0.05, 0.1) is 13.2 Å². The molecule has 3 rings (SSSR count). The SMILES string of the molecule is ClP(Cl)c1ccc(C=CC2(C=Cc3ccc(P(Cl)Cl)cc3)OCCCO2)cc1. The maximum Gasteiger partial charge on any atom is 0.208 e. The van der Waals surface area contributed by atoms with Gasteiger partial charge in [0, 0.05) is 10.6 Å². The van der Waals surface area contributed by atoms with Crippen LogP contribution in [-0.2, 0) is 9.47 Å². The first-order chi connectivity index (χ1) is 13.5. The van der Waals surface area contributed by atoms with Gasteiger partial charge in [0.2, 0.25) is 5.79 Å². The lowest BCUT2D eigenvalue weighted by Crippen LogP contribution is -2.36. The van der Waals surface area contributed by atoms with Gasteiger partial charge in [-0.1, -0.05) is 106 Å². The Balaban J connectivity index is 1.78. The standard InChI is InChI=1S/C20H18Cl4O2P2/c21-27(22)18-6-2-16(3-7-18)10-12-20(25-14-1-15-26-20)13-11-17-4-8-19(9-5-17)28(23)24/h2-13H,1,14-15H2. The molecule has 0 amide bonds. The van der Waals surface area contributed by atoms with Crippen LogP contribution >= 0.6 is 58.2 Å². The van der Waals surface area contributed by atoms with Crippen LogP contribution in [0.5, 0.6) is 0 Å². The first-order valence-electron chi connectivity index (χ1n) is 8.57. The van der Waals surface area contributed by atoms with Crippen molar-refractivity contribution in [2.24, 2.45) is 0 Å². The van der Waals surface area contributed by atoms with E-state index in [4.69, 9.17) is 54.4 Å². The summed E-state index contributed by atoms with van der Waals surface area (Å²) in [5.41, 5.74) is 2.03. The molecule has 2 aromatic rings. The van der Waals surface area contributed by atoms with E-state index in [0.29, 0.717) is 13.2 Å². The average molecular weight is 494 g/mol. The Kier molecular flexibility index (Phi) is 8.66. The van der Waals surface area contributed by atoms with Gasteiger partial charge in [0.15, 0.2) is 0 Å². The third kappa shape index (κ3) is 6.43. The van der Waals surface area contributed by atoms with E-state index in [9.17, 15) is 0 Å². The first-order valence-corrected chi connectivity index (χ1v) is 14.9. The van der Waals surface area contributed by atoms with Gasteiger partial charge in [-0.2, -0.15) is 0 Å². The van der Waals surface area contributed by atoms with Gasteiger partial charge in [-0.05, 0) is 29.7 Å². The zero-order valence-electron chi connectivity index (χ0n) is 14.8. The smallest absolute Gasteiger partial charge is 0.208 e. The summed E-state index contributed by atoms with van der Waals surface area (Å²) in [5.74, 6) is -0.896. The van der Waals surface area contributed by atoms with Crippen LogP contribution in [0.1, 0.15) is 17.5 Å². The predicted molar refractivity (Wildman–Crippen MR) is 127 cm³/mol. The lowest BCUT2D eigenvalue weighted by molar-refractivity contribution is -0.204. The number of halogens is 4. The van der Waals surface area contributed by atoms with Crippen LogP contribution in [0.2, 0.25) is 0 Å². The van der Waals surface area contributed by atoms with Crippen molar-refractivity contribution in [2.75, 3.05) is 13.2 Å². The summed E-state index contributed by atoms with van der Waals surface area (Å²) in [4.78, 5) is 0. The normalized spacial score (nSPS) is 17.2. The van der Waals surface area contributed by atoms with Crippen molar-refractivity contribution >= 4 is 81.0 Å². The van der Waals surface area contributed by atoms with E-state index in [1.54, 1.807) is 0 Å². The molecule has 0 aliphatic carbocycles. The second-order valence-electron chi connectivity index (χ2n) is 6.09. The maximum atomic E-state index is 5.96. The van der Waals surface area contributed by atoms with Gasteiger partial charge in [-0.15, -0.1) is 0 Å². The van der Waals surface area contributed by atoms with Gasteiger partial charge in [-0.3, -0.25) is 0 Å². The maximum absolute atomic E-state index is 5.96. The zero-order valence-corrected chi connectivity index (χ0v) is 19.6. The molecule has 8 heteroatoms. The third-order valence-electron chi connectivity index (χ3n) is 4.14. The molecule has 1 aliphatic rings. The number of hydrogen-bond acceptors (Lipinski definition) is 2. The highest BCUT2D eigenvalue weighted by molar-refractivity contribution is 8.09. The Morgan fingerprint density at radius 2 is 1.07 bits per heavy atom. The van der Waals surface area contributed by atoms with Crippen LogP contribution in [0.15, 0.2) is 60.7 Å². The minimum atomic E-state index is -1.13. The Morgan fingerprint density at radius 1 is 0.679 bits per heavy atom. The molecule has 2 nitrogen and oxygen atoms in total. The van der Waals surface area contributed by atoms with E-state index in [0.717, 1.165) is 28.2 Å². The lowest BCUT2D eigenvalue weighted by atomic mass is 10.1. The molecular weight excluding hydrogens is 476 g/mol. The molecule has 0 N–H and O–H groups in total. The molecule has 148 valence electrons. The van der Waals surface area contributed by atoms with Crippen LogP contribution in [-0.4, -0.2) is 19.0 Å². The minimum Gasteiger partial charge on any atom is -0.343 e. The highest BCUT2D eigenvalue weighted by Crippen LogP contribution is 2.45. The number of hydrogen-bond donors (Lipinski definition) is 0. The van der Waals surface area contributed by atoms with Crippen molar-refractivity contribution in [3.8, 4) is 0 Å². The molecule has 1 fully saturated rings. The Morgan fingerprint density at radius 3 is 1.43 bits per heavy atom. The third-order valence-corrected chi connectivity index (χ3v) is 7.86. The molecular formula is C20H18Cl4O2P2. The summed E-state index contributed by atoms with van der Waals surface area (Å²) in [7, 11) is 0. The van der Waals surface area contributed by atoms with Gasteiger partial charge in [0.25, 0.3) is 0 Å². The molecule has 0 spiro atoms. The highest BCUT2D eigenvalue weighted by Gasteiger charge is 2.28. The summed E-state index contributed by atoms with van der Waals surface area (Å²) >= 11 is 23.8. The summed E-state index contributed by atoms with van der Waals surface area (Å²) < 4.78 is 11.9. The number of ether oxygens (including phenoxy) is 2. The molecule has 0 unspecified atom stereocenters. The fourth-order valence-electron chi connectivity index (χ4n) is 2.63. The molecule has 1 heterocycles. The minimum absolute atomic E-state index is 0.637. The molecule has 1 saturated heterocycles. The van der Waals surface area contributed by atoms with E-state index >= 15 is 0 Å². The summed E-state index contributed by atoms with van der Waals surface area (Å²) in [6.45, 7) is -0.992. The summed E-state index contributed by atoms with van der Waals surface area (Å²) in [6.07, 6.45) is 8.67. The van der Waals surface area contributed by atoms with Crippen molar-refractivity contribution in [1.29, 1.82) is 0 Å². The quantitative estimate of drug-likeness (QED) is 0.391. The van der Waals surface area contributed by atoms with Gasteiger partial charge in [0.1, 0.15) is 13.3 Å². The molecule has 0 bridgehead atoms. The van der Waals surface area contributed by atoms with Crippen LogP contribution < -0.4 is 10.6 Å². The van der Waals surface area contributed by atoms with Crippen molar-refractivity contribution in [3.05, 3.63) is 71.8 Å². The molecule has 28 heavy (non-hydrogen) atoms. The highest BCUT2D eigenvalue weighted by atomic mass is 35.9. The molecule has 1 aliphatic heterocycles. The van der Waals surface area contributed by atoms with Crippen molar-refractivity contribution in [1.82, 2.24) is 0 Å². The second-order valence-corrected chi connectivity index (χ2v) is 13.1. The van der Waals surface area contributed by atoms with E-state index in [-0.39, 0.29) is 0 Å². The van der Waals surface area contributed by atoms with Crippen molar-refractivity contribution < 1.29 is 9.47 Å². The van der Waals surface area contributed by atoms with E-state index in [2.05, 4.69) is 0 Å². The zero-order chi connectivity index (χ0) is 20.0. The number of rotatable bonds is 6. The van der Waals surface area contributed by atoms with E-state index < -0.39 is 19.0 Å². The fourth-order valence-corrected chi connectivity index (χ4v) is 4.73. The van der Waals surface area contributed by atoms with Crippen LogP contribution in [0.4, 0.5) is 0 Å². The monoisotopic (exact) mass is 492 g/mol. The average Bonchev–Trinajstić information content (AvgIpc) is 2.72.